The second-order valence-electron chi connectivity index (χ2n) is 2.99. The minimum Gasteiger partial charge on any atom is -0.480 e. The van der Waals surface area contributed by atoms with E-state index in [1.165, 1.54) is 0 Å². The van der Waals surface area contributed by atoms with Crippen LogP contribution in [0.4, 0.5) is 0 Å². The summed E-state index contributed by atoms with van der Waals surface area (Å²) in [6.07, 6.45) is -2.35. The maximum absolute atomic E-state index is 10.5. The molecule has 14 heavy (non-hydrogen) atoms. The molecular formula is C8H12O6. The molecule has 3 unspecified atom stereocenters. The lowest BCUT2D eigenvalue weighted by Crippen LogP contribution is -2.43. The molecule has 0 saturated carbocycles. The molecule has 4 N–H and O–H groups in total. The highest BCUT2D eigenvalue weighted by Crippen LogP contribution is 2.20. The third-order valence-electron chi connectivity index (χ3n) is 1.96. The van der Waals surface area contributed by atoms with Crippen LogP contribution >= 0.6 is 0 Å². The van der Waals surface area contributed by atoms with Gasteiger partial charge in [-0.25, -0.2) is 4.79 Å². The molecule has 1 heterocycles. The van der Waals surface area contributed by atoms with Crippen LogP contribution in [0.1, 0.15) is 6.42 Å². The average Bonchev–Trinajstić information content (AvgIpc) is 2.12. The fourth-order valence-corrected chi connectivity index (χ4v) is 1.22. The van der Waals surface area contributed by atoms with Crippen LogP contribution in [0.2, 0.25) is 0 Å². The number of hydrogen-bond acceptors (Lipinski definition) is 5. The van der Waals surface area contributed by atoms with Crippen molar-refractivity contribution in [2.45, 2.75) is 24.7 Å². The van der Waals surface area contributed by atoms with E-state index in [-0.39, 0.29) is 13.0 Å². The molecular weight excluding hydrogens is 192 g/mol. The second kappa shape index (κ2) is 4.41. The molecule has 0 radical (unpaired) electrons. The number of carboxylic acids is 1. The average molecular weight is 204 g/mol. The largest absolute Gasteiger partial charge is 0.480 e. The Morgan fingerprint density at radius 2 is 2.14 bits per heavy atom. The molecule has 0 spiro atoms. The van der Waals surface area contributed by atoms with Gasteiger partial charge in [-0.15, -0.1) is 0 Å². The van der Waals surface area contributed by atoms with Gasteiger partial charge in [-0.1, -0.05) is 0 Å². The van der Waals surface area contributed by atoms with E-state index in [0.717, 1.165) is 6.08 Å². The van der Waals surface area contributed by atoms with Crippen LogP contribution < -0.4 is 0 Å². The van der Waals surface area contributed by atoms with Gasteiger partial charge in [-0.05, 0) is 6.08 Å². The number of rotatable bonds is 3. The Kier molecular flexibility index (Phi) is 3.45. The molecule has 0 aromatic rings. The fraction of sp³-hybridized carbons (Fsp3) is 0.625. The summed E-state index contributed by atoms with van der Waals surface area (Å²) < 4.78 is 4.86. The van der Waals surface area contributed by atoms with Crippen molar-refractivity contribution < 1.29 is 30.0 Å². The minimum atomic E-state index is -1.31. The number of aliphatic carboxylic acids is 1. The van der Waals surface area contributed by atoms with E-state index in [2.05, 4.69) is 0 Å². The quantitative estimate of drug-likeness (QED) is 0.443. The zero-order valence-corrected chi connectivity index (χ0v) is 7.33. The summed E-state index contributed by atoms with van der Waals surface area (Å²) in [7, 11) is 0. The first-order valence-electron chi connectivity index (χ1n) is 4.15. The van der Waals surface area contributed by atoms with Crippen molar-refractivity contribution in [3.05, 3.63) is 11.8 Å². The predicted octanol–water partition coefficient (Wildman–Crippen LogP) is -1.54. The number of aliphatic hydroxyl groups is 3. The number of carbonyl (C=O) groups is 1. The van der Waals surface area contributed by atoms with Gasteiger partial charge in [0.05, 0.1) is 0 Å². The van der Waals surface area contributed by atoms with Crippen LogP contribution in [0.25, 0.3) is 0 Å². The first kappa shape index (κ1) is 11.0. The highest BCUT2D eigenvalue weighted by molar-refractivity contribution is 5.84. The van der Waals surface area contributed by atoms with Crippen LogP contribution in [0.5, 0.6) is 0 Å². The number of ether oxygens (including phenoxy) is 1. The zero-order valence-electron chi connectivity index (χ0n) is 7.33. The van der Waals surface area contributed by atoms with Gasteiger partial charge in [0.2, 0.25) is 5.76 Å². The number of aliphatic hydroxyl groups excluding tert-OH is 3. The van der Waals surface area contributed by atoms with Gasteiger partial charge in [0.25, 0.3) is 0 Å². The van der Waals surface area contributed by atoms with Crippen LogP contribution in [0, 0.1) is 0 Å². The monoisotopic (exact) mass is 204 g/mol. The molecule has 6 heteroatoms. The molecule has 0 aromatic heterocycles. The Hall–Kier alpha value is -1.11. The summed E-state index contributed by atoms with van der Waals surface area (Å²) in [6.45, 7) is -0.249. The smallest absolute Gasteiger partial charge is 0.370 e. The van der Waals surface area contributed by atoms with E-state index in [1.807, 2.05) is 0 Å². The van der Waals surface area contributed by atoms with Crippen molar-refractivity contribution in [1.82, 2.24) is 0 Å². The molecule has 1 rings (SSSR count). The SMILES string of the molecule is O=C(O)C1=CC(O)C(O)C(CCO)O1. The molecule has 0 aromatic carbocycles. The van der Waals surface area contributed by atoms with Crippen molar-refractivity contribution >= 4 is 5.97 Å². The highest BCUT2D eigenvalue weighted by atomic mass is 16.5. The predicted molar refractivity (Wildman–Crippen MR) is 44.3 cm³/mol. The van der Waals surface area contributed by atoms with Crippen molar-refractivity contribution in [3.63, 3.8) is 0 Å². The van der Waals surface area contributed by atoms with Crippen LogP contribution in [0.15, 0.2) is 11.8 Å². The lowest BCUT2D eigenvalue weighted by molar-refractivity contribution is -0.143. The van der Waals surface area contributed by atoms with Crippen molar-refractivity contribution in [3.8, 4) is 0 Å². The summed E-state index contributed by atoms with van der Waals surface area (Å²) in [6, 6.07) is 0. The van der Waals surface area contributed by atoms with Crippen molar-refractivity contribution in [2.24, 2.45) is 0 Å². The lowest BCUT2D eigenvalue weighted by atomic mass is 10.0. The first-order valence-corrected chi connectivity index (χ1v) is 4.15. The molecule has 1 aliphatic rings. The molecule has 1 aliphatic heterocycles. The molecule has 0 amide bonds. The highest BCUT2D eigenvalue weighted by Gasteiger charge is 2.33. The van der Waals surface area contributed by atoms with Gasteiger partial charge in [-0.3, -0.25) is 0 Å². The first-order chi connectivity index (χ1) is 6.56. The fourth-order valence-electron chi connectivity index (χ4n) is 1.22. The van der Waals surface area contributed by atoms with Gasteiger partial charge >= 0.3 is 5.97 Å². The van der Waals surface area contributed by atoms with E-state index in [4.69, 9.17) is 14.9 Å². The Labute approximate surface area is 80.1 Å². The maximum Gasteiger partial charge on any atom is 0.370 e. The van der Waals surface area contributed by atoms with E-state index in [0.29, 0.717) is 0 Å². The molecule has 80 valence electrons. The molecule has 3 atom stereocenters. The normalized spacial score (nSPS) is 31.9. The Bertz CT molecular complexity index is 248. The standard InChI is InChI=1S/C8H12O6/c9-2-1-5-7(11)4(10)3-6(14-5)8(12)13/h3-5,7,9-11H,1-2H2,(H,12,13). The summed E-state index contributed by atoms with van der Waals surface area (Å²) in [5.41, 5.74) is 0. The molecule has 0 aliphatic carbocycles. The Balaban J connectivity index is 2.76. The second-order valence-corrected chi connectivity index (χ2v) is 2.99. The molecule has 0 bridgehead atoms. The topological polar surface area (TPSA) is 107 Å². The third-order valence-corrected chi connectivity index (χ3v) is 1.96. The maximum atomic E-state index is 10.5. The Morgan fingerprint density at radius 1 is 1.50 bits per heavy atom. The van der Waals surface area contributed by atoms with Gasteiger partial charge in [0.15, 0.2) is 0 Å². The third kappa shape index (κ3) is 2.22. The molecule has 0 saturated heterocycles. The van der Waals surface area contributed by atoms with Crippen LogP contribution in [-0.4, -0.2) is 51.3 Å². The summed E-state index contributed by atoms with van der Waals surface area (Å²) in [5, 5.41) is 35.8. The van der Waals surface area contributed by atoms with Crippen molar-refractivity contribution in [2.75, 3.05) is 6.61 Å². The molecule has 6 nitrogen and oxygen atoms in total. The number of carboxylic acid groups (broad SMARTS) is 1. The zero-order chi connectivity index (χ0) is 10.7. The lowest BCUT2D eigenvalue weighted by Gasteiger charge is -2.30. The van der Waals surface area contributed by atoms with E-state index >= 15 is 0 Å². The minimum absolute atomic E-state index is 0.0723. The van der Waals surface area contributed by atoms with Crippen LogP contribution in [0.3, 0.4) is 0 Å². The van der Waals surface area contributed by atoms with E-state index in [1.54, 1.807) is 0 Å². The summed E-state index contributed by atoms with van der Waals surface area (Å²) in [5.74, 6) is -1.71. The van der Waals surface area contributed by atoms with Gasteiger partial charge in [0.1, 0.15) is 18.3 Å². The molecule has 0 fully saturated rings. The van der Waals surface area contributed by atoms with Gasteiger partial charge in [-0.2, -0.15) is 0 Å². The van der Waals surface area contributed by atoms with Crippen molar-refractivity contribution in [1.29, 1.82) is 0 Å². The Morgan fingerprint density at radius 3 is 2.64 bits per heavy atom. The summed E-state index contributed by atoms with van der Waals surface area (Å²) in [4.78, 5) is 10.5. The number of hydrogen-bond donors (Lipinski definition) is 4. The van der Waals surface area contributed by atoms with E-state index < -0.39 is 30.0 Å². The van der Waals surface area contributed by atoms with Gasteiger partial charge in [0, 0.05) is 13.0 Å². The van der Waals surface area contributed by atoms with Gasteiger partial charge < -0.3 is 25.2 Å². The summed E-state index contributed by atoms with van der Waals surface area (Å²) >= 11 is 0. The van der Waals surface area contributed by atoms with E-state index in [9.17, 15) is 15.0 Å². The van der Waals surface area contributed by atoms with Crippen LogP contribution in [-0.2, 0) is 9.53 Å².